The molecule has 0 saturated heterocycles. The molecule has 14 heteroatoms. The van der Waals surface area contributed by atoms with Crippen LogP contribution in [0.15, 0.2) is 134 Å². The molecule has 5 rings (SSSR count). The highest BCUT2D eigenvalue weighted by Gasteiger charge is 2.13. The van der Waals surface area contributed by atoms with E-state index in [9.17, 15) is 49.5 Å². The second-order valence-corrected chi connectivity index (χ2v) is 23.3. The maximum Gasteiger partial charge on any atom is 0.160 e. The number of aliphatic hydroxyl groups excluding tert-OH is 1. The minimum atomic E-state index is -0.515. The number of hydrogen-bond donors (Lipinski definition) is 5. The molecule has 0 radical (unpaired) electrons. The van der Waals surface area contributed by atoms with E-state index in [1.165, 1.54) is 66.6 Å². The summed E-state index contributed by atoms with van der Waals surface area (Å²) in [6.07, 6.45) is 35.3. The summed E-state index contributed by atoms with van der Waals surface area (Å²) in [7, 11) is 6.07. The zero-order chi connectivity index (χ0) is 68.9. The van der Waals surface area contributed by atoms with E-state index in [0.29, 0.717) is 111 Å². The third-order valence-electron chi connectivity index (χ3n) is 14.9. The second kappa shape index (κ2) is 53.5. The molecule has 1 unspecified atom stereocenters. The molecule has 0 aliphatic rings. The van der Waals surface area contributed by atoms with Crippen molar-refractivity contribution in [1.82, 2.24) is 0 Å². The molecular weight excluding hydrogens is 1170 g/mol. The topological polar surface area (TPSA) is 223 Å². The number of aromatic hydroxyl groups is 4. The van der Waals surface area contributed by atoms with Crippen LogP contribution in [0.5, 0.6) is 46.0 Å². The van der Waals surface area contributed by atoms with Crippen LogP contribution in [0.25, 0.3) is 6.08 Å². The van der Waals surface area contributed by atoms with Crippen LogP contribution < -0.4 is 18.9 Å². The first-order valence-corrected chi connectivity index (χ1v) is 33.6. The fraction of sp³-hybridized carbons (Fsp3) is 0.481. The minimum absolute atomic E-state index is 0.0750. The molecule has 0 aromatic heterocycles. The molecule has 0 fully saturated rings. The standard InChI is InChI=1S/C19H28O3.C17H26O4.C17H26O3.C17H24O3.C9H8O/c1-15(2)8-6-4-5-7-9-17(20)12-10-16-11-13-18(21)19(14-16)22-3;1-3-4-5-6-14(18)12-15(19)9-7-13-8-10-16(20)17(11-13)21-2;2*1-3-4-5-6-7-8-15(18)11-9-14-10-12-16(19)17(13-14)20-2;10-8-4-7-9-5-2-1-3-6-9/h6,8,11,13-15,21H,4-5,7,9-10,12H2,1-3H3;8,10-11,14,18,20H,3-7,9,12H2,1-2H3;10,12-13,19H,3-9,11H2,1-2H3;7-8,10,12-13,19H,3-6,9,11H2,1-2H3;1-8H/b8-6+;;;8-7+;7-4+. The van der Waals surface area contributed by atoms with Crippen molar-refractivity contribution in [2.24, 2.45) is 5.92 Å². The van der Waals surface area contributed by atoms with Gasteiger partial charge in [0.05, 0.1) is 34.5 Å². The van der Waals surface area contributed by atoms with Gasteiger partial charge in [0.25, 0.3) is 0 Å². The van der Waals surface area contributed by atoms with Crippen LogP contribution in [-0.2, 0) is 49.7 Å². The Balaban J connectivity index is 0.000000591. The Kier molecular flexibility index (Phi) is 47.8. The molecule has 0 saturated carbocycles. The van der Waals surface area contributed by atoms with Crippen molar-refractivity contribution in [3.8, 4) is 46.0 Å². The first-order valence-electron chi connectivity index (χ1n) is 33.6. The van der Waals surface area contributed by atoms with E-state index >= 15 is 0 Å². The van der Waals surface area contributed by atoms with Crippen molar-refractivity contribution in [3.63, 3.8) is 0 Å². The fourth-order valence-corrected chi connectivity index (χ4v) is 9.38. The number of phenols is 4. The van der Waals surface area contributed by atoms with Gasteiger partial charge in [-0.2, -0.15) is 0 Å². The van der Waals surface area contributed by atoms with Crippen molar-refractivity contribution in [2.75, 3.05) is 28.4 Å². The van der Waals surface area contributed by atoms with Gasteiger partial charge in [0.1, 0.15) is 23.6 Å². The van der Waals surface area contributed by atoms with E-state index in [1.54, 1.807) is 66.7 Å². The second-order valence-electron chi connectivity index (χ2n) is 23.3. The monoisotopic (exact) mass is 1280 g/mol. The molecule has 5 aromatic carbocycles. The SMILES string of the molecule is CCCCC/C=C/C(=O)CCc1ccc(O)c(OC)c1.CCCCCC(O)CC(=O)CCc1ccc(O)c(OC)c1.CCCCCCCC(=O)CCc1ccc(O)c(OC)c1.COc1cc(CCC(=O)CCCC/C=C/C(C)C)ccc1O.O=C/C=C/c1ccccc1. The molecule has 0 aliphatic heterocycles. The van der Waals surface area contributed by atoms with Crippen molar-refractivity contribution in [1.29, 1.82) is 0 Å². The molecule has 93 heavy (non-hydrogen) atoms. The van der Waals surface area contributed by atoms with E-state index in [1.807, 2.05) is 54.6 Å². The number of hydrogen-bond acceptors (Lipinski definition) is 14. The molecule has 5 N–H and O–H groups in total. The fourth-order valence-electron chi connectivity index (χ4n) is 9.38. The molecule has 0 spiro atoms. The molecule has 5 aromatic rings. The van der Waals surface area contributed by atoms with Gasteiger partial charge in [-0.05, 0) is 165 Å². The molecule has 0 amide bonds. The van der Waals surface area contributed by atoms with Crippen molar-refractivity contribution < 1.29 is 68.5 Å². The van der Waals surface area contributed by atoms with Crippen LogP contribution in [0.2, 0.25) is 0 Å². The first kappa shape index (κ1) is 83.0. The number of aldehydes is 1. The Bertz CT molecular complexity index is 2920. The number of methoxy groups -OCH3 is 4. The Morgan fingerprint density at radius 2 is 0.839 bits per heavy atom. The van der Waals surface area contributed by atoms with Gasteiger partial charge in [0.15, 0.2) is 51.8 Å². The van der Waals surface area contributed by atoms with Gasteiger partial charge in [-0.15, -0.1) is 0 Å². The smallest absolute Gasteiger partial charge is 0.160 e. The quantitative estimate of drug-likeness (QED) is 0.0106. The summed E-state index contributed by atoms with van der Waals surface area (Å²) in [5, 5.41) is 47.8. The highest BCUT2D eigenvalue weighted by Crippen LogP contribution is 2.30. The number of unbranched alkanes of at least 4 members (excludes halogenated alkanes) is 11. The largest absolute Gasteiger partial charge is 0.504 e. The molecule has 1 atom stereocenters. The highest BCUT2D eigenvalue weighted by atomic mass is 16.5. The number of aryl methyl sites for hydroxylation is 4. The van der Waals surface area contributed by atoms with Crippen molar-refractivity contribution >= 4 is 35.5 Å². The summed E-state index contributed by atoms with van der Waals surface area (Å²) in [6, 6.07) is 30.5. The Labute approximate surface area is 557 Å². The van der Waals surface area contributed by atoms with Gasteiger partial charge < -0.3 is 44.5 Å². The maximum absolute atomic E-state index is 11.9. The maximum atomic E-state index is 11.9. The van der Waals surface area contributed by atoms with Gasteiger partial charge in [-0.3, -0.25) is 24.0 Å². The number of ketones is 4. The highest BCUT2D eigenvalue weighted by molar-refractivity contribution is 5.89. The average molecular weight is 1290 g/mol. The summed E-state index contributed by atoms with van der Waals surface area (Å²) < 4.78 is 20.2. The van der Waals surface area contributed by atoms with Crippen LogP contribution in [0, 0.1) is 5.92 Å². The van der Waals surface area contributed by atoms with Crippen molar-refractivity contribution in [2.45, 2.75) is 214 Å². The molecule has 512 valence electrons. The van der Waals surface area contributed by atoms with Gasteiger partial charge in [0, 0.05) is 44.9 Å². The third-order valence-corrected chi connectivity index (χ3v) is 14.9. The minimum Gasteiger partial charge on any atom is -0.504 e. The first-order chi connectivity index (χ1) is 44.9. The molecule has 0 heterocycles. The molecule has 14 nitrogen and oxygen atoms in total. The number of ether oxygens (including phenoxy) is 4. The molecule has 0 bridgehead atoms. The number of carbonyl (C=O) groups excluding carboxylic acids is 5. The predicted molar refractivity (Wildman–Crippen MR) is 377 cm³/mol. The number of carbonyl (C=O) groups is 5. The molecule has 0 aliphatic carbocycles. The van der Waals surface area contributed by atoms with E-state index in [4.69, 9.17) is 18.9 Å². The van der Waals surface area contributed by atoms with Crippen LogP contribution in [0.3, 0.4) is 0 Å². The zero-order valence-electron chi connectivity index (χ0n) is 57.5. The van der Waals surface area contributed by atoms with Crippen LogP contribution in [-0.4, -0.2) is 89.5 Å². The Morgan fingerprint density at radius 3 is 1.27 bits per heavy atom. The van der Waals surface area contributed by atoms with Gasteiger partial charge in [-0.25, -0.2) is 0 Å². The number of aliphatic hydroxyl groups is 1. The van der Waals surface area contributed by atoms with Gasteiger partial charge in [0.2, 0.25) is 0 Å². The third kappa shape index (κ3) is 42.0. The summed E-state index contributed by atoms with van der Waals surface area (Å²) in [5.41, 5.74) is 5.03. The normalized spacial score (nSPS) is 11.1. The Hall–Kier alpha value is -7.97. The van der Waals surface area contributed by atoms with Gasteiger partial charge in [-0.1, -0.05) is 171 Å². The summed E-state index contributed by atoms with van der Waals surface area (Å²) in [5.74, 6) is 3.74. The number of allylic oxidation sites excluding steroid dienone is 5. The van der Waals surface area contributed by atoms with Crippen LogP contribution in [0.1, 0.15) is 210 Å². The van der Waals surface area contributed by atoms with E-state index in [0.717, 1.165) is 98.3 Å². The zero-order valence-corrected chi connectivity index (χ0v) is 57.5. The lowest BCUT2D eigenvalue weighted by Crippen LogP contribution is -2.13. The van der Waals surface area contributed by atoms with Crippen LogP contribution >= 0.6 is 0 Å². The lowest BCUT2D eigenvalue weighted by molar-refractivity contribution is -0.121. The number of Topliss-reactive ketones (excluding diaryl/α,β-unsaturated/α-hetero) is 3. The number of benzene rings is 5. The van der Waals surface area contributed by atoms with Crippen molar-refractivity contribution in [3.05, 3.63) is 161 Å². The van der Waals surface area contributed by atoms with E-state index in [-0.39, 0.29) is 41.0 Å². The van der Waals surface area contributed by atoms with Gasteiger partial charge >= 0.3 is 0 Å². The van der Waals surface area contributed by atoms with E-state index < -0.39 is 6.10 Å². The van der Waals surface area contributed by atoms with Crippen LogP contribution in [0.4, 0.5) is 0 Å². The molecular formula is C79H112O14. The van der Waals surface area contributed by atoms with E-state index in [2.05, 4.69) is 46.8 Å². The number of phenolic OH excluding ortho intramolecular Hbond substituents is 4. The summed E-state index contributed by atoms with van der Waals surface area (Å²) in [4.78, 5) is 57.1. The average Bonchev–Trinajstić information content (AvgIpc) is 2.01. The Morgan fingerprint density at radius 1 is 0.452 bits per heavy atom. The lowest BCUT2D eigenvalue weighted by atomic mass is 10.0. The predicted octanol–water partition coefficient (Wildman–Crippen LogP) is 18.1. The number of rotatable bonds is 41. The summed E-state index contributed by atoms with van der Waals surface area (Å²) >= 11 is 0. The summed E-state index contributed by atoms with van der Waals surface area (Å²) in [6.45, 7) is 10.8. The lowest BCUT2D eigenvalue weighted by Gasteiger charge is -2.10.